The van der Waals surface area contributed by atoms with E-state index in [4.69, 9.17) is 21.6 Å². The van der Waals surface area contributed by atoms with E-state index in [0.29, 0.717) is 39.8 Å². The van der Waals surface area contributed by atoms with Crippen molar-refractivity contribution in [3.05, 3.63) is 65.2 Å². The second-order valence-corrected chi connectivity index (χ2v) is 9.32. The second-order valence-electron chi connectivity index (χ2n) is 8.94. The fourth-order valence-electron chi connectivity index (χ4n) is 5.15. The molecule has 0 aliphatic heterocycles. The Bertz CT molecular complexity index is 1360. The monoisotopic (exact) mass is 454 g/mol. The predicted molar refractivity (Wildman–Crippen MR) is 130 cm³/mol. The molecule has 1 atom stereocenters. The molecular formula is C26H23ClN6. The topological polar surface area (TPSA) is 79.4 Å². The first-order valence-electron chi connectivity index (χ1n) is 11.4. The van der Waals surface area contributed by atoms with Crippen molar-refractivity contribution in [2.45, 2.75) is 38.1 Å². The SMILES string of the molecule is Clc1cnc2[nH]cc(-c3nc(C#Cc4ccccc4)cc(NC4CC5CCC4CC5)n3)c2n1. The average molecular weight is 455 g/mol. The third-order valence-electron chi connectivity index (χ3n) is 6.81. The summed E-state index contributed by atoms with van der Waals surface area (Å²) in [6.07, 6.45) is 9.90. The Balaban J connectivity index is 1.41. The van der Waals surface area contributed by atoms with Crippen molar-refractivity contribution in [1.29, 1.82) is 0 Å². The number of rotatable bonds is 3. The maximum Gasteiger partial charge on any atom is 0.166 e. The molecule has 6 nitrogen and oxygen atoms in total. The summed E-state index contributed by atoms with van der Waals surface area (Å²) < 4.78 is 0. The fraction of sp³-hybridized carbons (Fsp3) is 0.308. The van der Waals surface area contributed by atoms with E-state index in [-0.39, 0.29) is 0 Å². The maximum absolute atomic E-state index is 6.12. The number of halogens is 1. The third-order valence-corrected chi connectivity index (χ3v) is 6.99. The van der Waals surface area contributed by atoms with Gasteiger partial charge in [0.15, 0.2) is 11.5 Å². The predicted octanol–water partition coefficient (Wildman–Crippen LogP) is 5.46. The molecule has 3 aliphatic rings. The molecule has 33 heavy (non-hydrogen) atoms. The lowest BCUT2D eigenvalue weighted by Gasteiger charge is -2.42. The normalized spacial score (nSPS) is 21.5. The second kappa shape index (κ2) is 8.49. The van der Waals surface area contributed by atoms with E-state index in [0.717, 1.165) is 22.9 Å². The highest BCUT2D eigenvalue weighted by Crippen LogP contribution is 2.42. The summed E-state index contributed by atoms with van der Waals surface area (Å²) in [5.74, 6) is 9.34. The molecule has 0 spiro atoms. The van der Waals surface area contributed by atoms with Crippen LogP contribution >= 0.6 is 11.6 Å². The fourth-order valence-corrected chi connectivity index (χ4v) is 5.28. The molecule has 3 heterocycles. The van der Waals surface area contributed by atoms with Gasteiger partial charge in [-0.05, 0) is 49.2 Å². The van der Waals surface area contributed by atoms with Crippen LogP contribution in [0.15, 0.2) is 48.8 Å². The Morgan fingerprint density at radius 2 is 1.85 bits per heavy atom. The minimum atomic E-state index is 0.333. The van der Waals surface area contributed by atoms with Crippen LogP contribution in [0.5, 0.6) is 0 Å². The summed E-state index contributed by atoms with van der Waals surface area (Å²) in [7, 11) is 0. The average Bonchev–Trinajstić information content (AvgIpc) is 3.27. The van der Waals surface area contributed by atoms with Crippen molar-refractivity contribution < 1.29 is 0 Å². The van der Waals surface area contributed by atoms with Crippen molar-refractivity contribution >= 4 is 28.6 Å². The number of anilines is 1. The lowest BCUT2D eigenvalue weighted by Crippen LogP contribution is -2.40. The molecule has 164 valence electrons. The Morgan fingerprint density at radius 3 is 2.64 bits per heavy atom. The standard InChI is InChI=1S/C26H23ClN6/c27-22-15-29-26-24(32-22)20(14-28-26)25-30-19(11-8-16-4-2-1-3-5-16)13-23(33-25)31-21-12-17-6-9-18(21)10-7-17/h1-5,13-15,17-18,21H,6-7,9-10,12H2,(H,28,29)(H,30,31,33). The van der Waals surface area contributed by atoms with Gasteiger partial charge in [0.2, 0.25) is 0 Å². The van der Waals surface area contributed by atoms with Gasteiger partial charge < -0.3 is 10.3 Å². The molecule has 1 unspecified atom stereocenters. The number of nitrogens with one attached hydrogen (secondary N) is 2. The smallest absolute Gasteiger partial charge is 0.166 e. The molecule has 2 N–H and O–H groups in total. The number of aromatic amines is 1. The van der Waals surface area contributed by atoms with Gasteiger partial charge >= 0.3 is 0 Å². The molecular weight excluding hydrogens is 432 g/mol. The molecule has 7 heteroatoms. The van der Waals surface area contributed by atoms with E-state index >= 15 is 0 Å². The summed E-state index contributed by atoms with van der Waals surface area (Å²) >= 11 is 6.12. The third kappa shape index (κ3) is 4.17. The van der Waals surface area contributed by atoms with Crippen LogP contribution in [0.25, 0.3) is 22.6 Å². The van der Waals surface area contributed by atoms with Gasteiger partial charge in [-0.25, -0.2) is 19.9 Å². The van der Waals surface area contributed by atoms with Crippen molar-refractivity contribution in [2.24, 2.45) is 11.8 Å². The highest BCUT2D eigenvalue weighted by Gasteiger charge is 2.35. The molecule has 0 amide bonds. The summed E-state index contributed by atoms with van der Waals surface area (Å²) in [5, 5.41) is 4.05. The Morgan fingerprint density at radius 1 is 1.00 bits per heavy atom. The molecule has 4 aromatic rings. The van der Waals surface area contributed by atoms with Crippen LogP contribution in [0.2, 0.25) is 5.15 Å². The van der Waals surface area contributed by atoms with Gasteiger partial charge in [-0.3, -0.25) is 0 Å². The number of nitrogens with zero attached hydrogens (tertiary/aromatic N) is 4. The van der Waals surface area contributed by atoms with E-state index < -0.39 is 0 Å². The number of hydrogen-bond donors (Lipinski definition) is 2. The zero-order valence-corrected chi connectivity index (χ0v) is 18.8. The molecule has 2 bridgehead atoms. The molecule has 3 aromatic heterocycles. The molecule has 3 fully saturated rings. The lowest BCUT2D eigenvalue weighted by atomic mass is 9.68. The van der Waals surface area contributed by atoms with Crippen LogP contribution in [0.4, 0.5) is 5.82 Å². The quantitative estimate of drug-likeness (QED) is 0.402. The van der Waals surface area contributed by atoms with E-state index in [9.17, 15) is 0 Å². The van der Waals surface area contributed by atoms with Gasteiger partial charge in [0.25, 0.3) is 0 Å². The van der Waals surface area contributed by atoms with Gasteiger partial charge in [0, 0.05) is 23.9 Å². The van der Waals surface area contributed by atoms with E-state index in [2.05, 4.69) is 32.1 Å². The van der Waals surface area contributed by atoms with E-state index in [1.165, 1.54) is 38.3 Å². The zero-order valence-electron chi connectivity index (χ0n) is 18.1. The summed E-state index contributed by atoms with van der Waals surface area (Å²) in [4.78, 5) is 21.5. The molecule has 3 aliphatic carbocycles. The first kappa shape index (κ1) is 20.2. The van der Waals surface area contributed by atoms with Crippen LogP contribution in [0.1, 0.15) is 43.4 Å². The van der Waals surface area contributed by atoms with Crippen molar-refractivity contribution in [3.63, 3.8) is 0 Å². The minimum Gasteiger partial charge on any atom is -0.367 e. The summed E-state index contributed by atoms with van der Waals surface area (Å²) in [5.41, 5.74) is 3.67. The maximum atomic E-state index is 6.12. The van der Waals surface area contributed by atoms with Crippen LogP contribution in [-0.4, -0.2) is 31.0 Å². The van der Waals surface area contributed by atoms with Gasteiger partial charge in [-0.15, -0.1) is 0 Å². The number of benzene rings is 1. The van der Waals surface area contributed by atoms with Crippen molar-refractivity contribution in [3.8, 4) is 23.2 Å². The van der Waals surface area contributed by atoms with Gasteiger partial charge in [-0.2, -0.15) is 0 Å². The molecule has 1 aromatic carbocycles. The molecule has 0 radical (unpaired) electrons. The van der Waals surface area contributed by atoms with Crippen LogP contribution in [0, 0.1) is 23.7 Å². The zero-order chi connectivity index (χ0) is 22.2. The van der Waals surface area contributed by atoms with Crippen molar-refractivity contribution in [1.82, 2.24) is 24.9 Å². The van der Waals surface area contributed by atoms with Crippen molar-refractivity contribution in [2.75, 3.05) is 5.32 Å². The number of H-pyrrole nitrogens is 1. The largest absolute Gasteiger partial charge is 0.367 e. The summed E-state index contributed by atoms with van der Waals surface area (Å²) in [6.45, 7) is 0. The minimum absolute atomic E-state index is 0.333. The first-order valence-corrected chi connectivity index (χ1v) is 11.8. The van der Waals surface area contributed by atoms with Crippen LogP contribution in [-0.2, 0) is 0 Å². The molecule has 7 rings (SSSR count). The highest BCUT2D eigenvalue weighted by molar-refractivity contribution is 6.29. The Labute approximate surface area is 197 Å². The van der Waals surface area contributed by atoms with Gasteiger partial charge in [-0.1, -0.05) is 48.6 Å². The van der Waals surface area contributed by atoms with E-state index in [1.807, 2.05) is 42.6 Å². The Hall–Kier alpha value is -3.43. The van der Waals surface area contributed by atoms with Gasteiger partial charge in [0.05, 0.1) is 11.8 Å². The number of hydrogen-bond acceptors (Lipinski definition) is 5. The molecule has 0 saturated heterocycles. The molecule has 3 saturated carbocycles. The van der Waals surface area contributed by atoms with Crippen LogP contribution < -0.4 is 5.32 Å². The summed E-state index contributed by atoms with van der Waals surface area (Å²) in [6, 6.07) is 12.3. The lowest BCUT2D eigenvalue weighted by molar-refractivity contribution is 0.157. The Kier molecular flexibility index (Phi) is 5.20. The highest BCUT2D eigenvalue weighted by atomic mass is 35.5. The number of fused-ring (bicyclic) bond motifs is 4. The van der Waals surface area contributed by atoms with Crippen LogP contribution in [0.3, 0.4) is 0 Å². The van der Waals surface area contributed by atoms with E-state index in [1.54, 1.807) is 0 Å². The first-order chi connectivity index (χ1) is 16.2. The van der Waals surface area contributed by atoms with Gasteiger partial charge in [0.1, 0.15) is 22.2 Å². The number of aromatic nitrogens is 5.